The number of pyridine rings is 1. The van der Waals surface area contributed by atoms with E-state index in [-0.39, 0.29) is 5.56 Å². The van der Waals surface area contributed by atoms with Crippen LogP contribution in [-0.4, -0.2) is 25.8 Å². The fourth-order valence-electron chi connectivity index (χ4n) is 2.17. The summed E-state index contributed by atoms with van der Waals surface area (Å²) < 4.78 is 1.61. The number of para-hydroxylation sites is 1. The maximum absolute atomic E-state index is 11.0. The van der Waals surface area contributed by atoms with Crippen molar-refractivity contribution in [3.05, 3.63) is 59.5 Å². The molecule has 0 radical (unpaired) electrons. The highest BCUT2D eigenvalue weighted by Crippen LogP contribution is 2.13. The standard InChI is InChI=1S/C15H13N3O2/c1-10-13(15(19)20)9-18(17-10)8-12-7-6-11-4-2-3-5-14(11)16-12/h2-7,9H,8H2,1H3,(H,19,20). The quantitative estimate of drug-likeness (QED) is 0.791. The molecule has 0 aliphatic rings. The number of carboxylic acids is 1. The van der Waals surface area contributed by atoms with Crippen LogP contribution in [0.5, 0.6) is 0 Å². The highest BCUT2D eigenvalue weighted by molar-refractivity contribution is 5.88. The van der Waals surface area contributed by atoms with E-state index in [0.717, 1.165) is 16.6 Å². The van der Waals surface area contributed by atoms with E-state index in [1.165, 1.54) is 6.20 Å². The fourth-order valence-corrected chi connectivity index (χ4v) is 2.17. The van der Waals surface area contributed by atoms with Gasteiger partial charge in [0, 0.05) is 11.6 Å². The smallest absolute Gasteiger partial charge is 0.339 e. The molecule has 0 amide bonds. The molecule has 0 unspecified atom stereocenters. The molecule has 1 aromatic carbocycles. The van der Waals surface area contributed by atoms with Crippen molar-refractivity contribution in [2.45, 2.75) is 13.5 Å². The van der Waals surface area contributed by atoms with Gasteiger partial charge in [-0.3, -0.25) is 9.67 Å². The number of aryl methyl sites for hydroxylation is 1. The van der Waals surface area contributed by atoms with Crippen molar-refractivity contribution in [2.75, 3.05) is 0 Å². The van der Waals surface area contributed by atoms with Gasteiger partial charge in [-0.1, -0.05) is 24.3 Å². The highest BCUT2D eigenvalue weighted by atomic mass is 16.4. The molecule has 2 aromatic heterocycles. The van der Waals surface area contributed by atoms with Crippen molar-refractivity contribution in [2.24, 2.45) is 0 Å². The van der Waals surface area contributed by atoms with E-state index in [1.807, 2.05) is 36.4 Å². The summed E-state index contributed by atoms with van der Waals surface area (Å²) >= 11 is 0. The zero-order chi connectivity index (χ0) is 14.1. The normalized spacial score (nSPS) is 10.8. The number of rotatable bonds is 3. The summed E-state index contributed by atoms with van der Waals surface area (Å²) in [5.41, 5.74) is 2.51. The van der Waals surface area contributed by atoms with Crippen LogP contribution in [0.4, 0.5) is 0 Å². The van der Waals surface area contributed by atoms with Crippen LogP contribution in [0.1, 0.15) is 21.7 Å². The molecule has 0 aliphatic carbocycles. The van der Waals surface area contributed by atoms with E-state index in [4.69, 9.17) is 5.11 Å². The van der Waals surface area contributed by atoms with Crippen LogP contribution in [-0.2, 0) is 6.54 Å². The van der Waals surface area contributed by atoms with Crippen LogP contribution in [0.3, 0.4) is 0 Å². The largest absolute Gasteiger partial charge is 0.478 e. The predicted octanol–water partition coefficient (Wildman–Crippen LogP) is 2.49. The number of carboxylic acid groups (broad SMARTS) is 1. The van der Waals surface area contributed by atoms with Gasteiger partial charge in [-0.15, -0.1) is 0 Å². The minimum absolute atomic E-state index is 0.228. The molecule has 0 bridgehead atoms. The van der Waals surface area contributed by atoms with Crippen molar-refractivity contribution in [1.82, 2.24) is 14.8 Å². The van der Waals surface area contributed by atoms with Crippen LogP contribution in [0.2, 0.25) is 0 Å². The molecule has 3 rings (SSSR count). The Kier molecular flexibility index (Phi) is 2.95. The second kappa shape index (κ2) is 4.77. The third-order valence-corrected chi connectivity index (χ3v) is 3.16. The summed E-state index contributed by atoms with van der Waals surface area (Å²) in [6.07, 6.45) is 1.54. The van der Waals surface area contributed by atoms with Crippen LogP contribution < -0.4 is 0 Å². The van der Waals surface area contributed by atoms with E-state index in [9.17, 15) is 4.79 Å². The zero-order valence-electron chi connectivity index (χ0n) is 10.9. The predicted molar refractivity (Wildman–Crippen MR) is 74.8 cm³/mol. The molecule has 2 heterocycles. The highest BCUT2D eigenvalue weighted by Gasteiger charge is 2.12. The summed E-state index contributed by atoms with van der Waals surface area (Å²) in [5.74, 6) is -0.958. The number of hydrogen-bond donors (Lipinski definition) is 1. The third kappa shape index (κ3) is 2.25. The maximum Gasteiger partial charge on any atom is 0.339 e. The molecule has 0 aliphatic heterocycles. The molecule has 0 spiro atoms. The fraction of sp³-hybridized carbons (Fsp3) is 0.133. The van der Waals surface area contributed by atoms with Crippen molar-refractivity contribution < 1.29 is 9.90 Å². The van der Waals surface area contributed by atoms with Gasteiger partial charge in [0.25, 0.3) is 0 Å². The Balaban J connectivity index is 1.92. The average molecular weight is 267 g/mol. The first-order valence-corrected chi connectivity index (χ1v) is 6.25. The minimum Gasteiger partial charge on any atom is -0.478 e. The maximum atomic E-state index is 11.0. The average Bonchev–Trinajstić information content (AvgIpc) is 2.79. The van der Waals surface area contributed by atoms with Gasteiger partial charge in [0.2, 0.25) is 0 Å². The topological polar surface area (TPSA) is 68.0 Å². The minimum atomic E-state index is -0.958. The molecule has 5 heteroatoms. The third-order valence-electron chi connectivity index (χ3n) is 3.16. The Morgan fingerprint density at radius 2 is 2.05 bits per heavy atom. The number of nitrogens with zero attached hydrogens (tertiary/aromatic N) is 3. The zero-order valence-corrected chi connectivity index (χ0v) is 10.9. The Bertz CT molecular complexity index is 793. The van der Waals surface area contributed by atoms with Crippen molar-refractivity contribution in [1.29, 1.82) is 0 Å². The summed E-state index contributed by atoms with van der Waals surface area (Å²) in [4.78, 5) is 15.5. The van der Waals surface area contributed by atoms with Gasteiger partial charge in [-0.05, 0) is 19.1 Å². The molecule has 3 aromatic rings. The van der Waals surface area contributed by atoms with E-state index >= 15 is 0 Å². The molecule has 0 fully saturated rings. The first kappa shape index (κ1) is 12.3. The number of fused-ring (bicyclic) bond motifs is 1. The molecule has 0 saturated heterocycles. The first-order valence-electron chi connectivity index (χ1n) is 6.25. The number of aromatic nitrogens is 3. The number of hydrogen-bond acceptors (Lipinski definition) is 3. The second-order valence-corrected chi connectivity index (χ2v) is 4.63. The second-order valence-electron chi connectivity index (χ2n) is 4.63. The number of benzene rings is 1. The monoisotopic (exact) mass is 267 g/mol. The lowest BCUT2D eigenvalue weighted by atomic mass is 10.2. The van der Waals surface area contributed by atoms with E-state index in [0.29, 0.717) is 12.2 Å². The van der Waals surface area contributed by atoms with Gasteiger partial charge >= 0.3 is 5.97 Å². The summed E-state index contributed by atoms with van der Waals surface area (Å²) in [7, 11) is 0. The Morgan fingerprint density at radius 3 is 2.80 bits per heavy atom. The summed E-state index contributed by atoms with van der Waals surface area (Å²) in [6.45, 7) is 2.15. The van der Waals surface area contributed by atoms with Crippen LogP contribution in [0.25, 0.3) is 10.9 Å². The lowest BCUT2D eigenvalue weighted by molar-refractivity contribution is 0.0696. The van der Waals surface area contributed by atoms with Crippen LogP contribution in [0.15, 0.2) is 42.6 Å². The molecule has 20 heavy (non-hydrogen) atoms. The van der Waals surface area contributed by atoms with E-state index in [2.05, 4.69) is 10.1 Å². The summed E-state index contributed by atoms with van der Waals surface area (Å²) in [6, 6.07) is 11.8. The van der Waals surface area contributed by atoms with Gasteiger partial charge in [-0.2, -0.15) is 5.10 Å². The molecular weight excluding hydrogens is 254 g/mol. The van der Waals surface area contributed by atoms with Gasteiger partial charge < -0.3 is 5.11 Å². The molecule has 0 atom stereocenters. The Labute approximate surface area is 115 Å². The van der Waals surface area contributed by atoms with Gasteiger partial charge in [0.1, 0.15) is 5.56 Å². The van der Waals surface area contributed by atoms with Gasteiger partial charge in [-0.25, -0.2) is 4.79 Å². The lowest BCUT2D eigenvalue weighted by Crippen LogP contribution is -2.02. The number of carbonyl (C=O) groups is 1. The van der Waals surface area contributed by atoms with Crippen LogP contribution >= 0.6 is 0 Å². The first-order chi connectivity index (χ1) is 9.63. The lowest BCUT2D eigenvalue weighted by Gasteiger charge is -2.03. The molecule has 100 valence electrons. The Morgan fingerprint density at radius 1 is 1.25 bits per heavy atom. The molecule has 1 N–H and O–H groups in total. The van der Waals surface area contributed by atoms with Crippen molar-refractivity contribution in [3.8, 4) is 0 Å². The van der Waals surface area contributed by atoms with Crippen molar-refractivity contribution in [3.63, 3.8) is 0 Å². The summed E-state index contributed by atoms with van der Waals surface area (Å²) in [5, 5.41) is 14.3. The van der Waals surface area contributed by atoms with Crippen molar-refractivity contribution >= 4 is 16.9 Å². The van der Waals surface area contributed by atoms with E-state index < -0.39 is 5.97 Å². The Hall–Kier alpha value is -2.69. The van der Waals surface area contributed by atoms with Gasteiger partial charge in [0.05, 0.1) is 23.4 Å². The van der Waals surface area contributed by atoms with Gasteiger partial charge in [0.15, 0.2) is 0 Å². The van der Waals surface area contributed by atoms with Crippen LogP contribution in [0, 0.1) is 6.92 Å². The SMILES string of the molecule is Cc1nn(Cc2ccc3ccccc3n2)cc1C(=O)O. The molecule has 0 saturated carbocycles. The molecular formula is C15H13N3O2. The molecule has 5 nitrogen and oxygen atoms in total. The number of aromatic carboxylic acids is 1. The van der Waals surface area contributed by atoms with E-state index in [1.54, 1.807) is 11.6 Å².